The van der Waals surface area contributed by atoms with E-state index in [0.29, 0.717) is 11.5 Å². The van der Waals surface area contributed by atoms with Crippen molar-refractivity contribution in [3.05, 3.63) is 41.6 Å². The maximum Gasteiger partial charge on any atom is 0.229 e. The predicted octanol–water partition coefficient (Wildman–Crippen LogP) is 2.48. The molecule has 24 heavy (non-hydrogen) atoms. The number of nitrogens with zero attached hydrogens (tertiary/aromatic N) is 4. The molecule has 1 fully saturated rings. The van der Waals surface area contributed by atoms with Crippen molar-refractivity contribution >= 4 is 23.2 Å². The molecule has 0 atom stereocenters. The highest BCUT2D eigenvalue weighted by Gasteiger charge is 2.16. The van der Waals surface area contributed by atoms with E-state index in [-0.39, 0.29) is 5.78 Å². The Morgan fingerprint density at radius 1 is 1.08 bits per heavy atom. The Balaban J connectivity index is 1.77. The third kappa shape index (κ3) is 3.89. The standard InChI is InChI=1S/C18H23N5O/c1-13-12-17(23-10-8-22(3)9-11-23)21-18(19-13)20-16-6-4-15(5-7-16)14(2)24/h4-7,12H,8-11H2,1-3H3,(H,19,20,21). The van der Waals surface area contributed by atoms with E-state index in [9.17, 15) is 4.79 Å². The van der Waals surface area contributed by atoms with Crippen molar-refractivity contribution in [2.45, 2.75) is 13.8 Å². The topological polar surface area (TPSA) is 61.4 Å². The third-order valence-corrected chi connectivity index (χ3v) is 4.22. The molecule has 6 nitrogen and oxygen atoms in total. The van der Waals surface area contributed by atoms with Gasteiger partial charge in [0.05, 0.1) is 0 Å². The van der Waals surface area contributed by atoms with Crippen LogP contribution in [0.4, 0.5) is 17.5 Å². The van der Waals surface area contributed by atoms with Gasteiger partial charge >= 0.3 is 0 Å². The molecule has 1 aromatic heterocycles. The molecule has 0 bridgehead atoms. The van der Waals surface area contributed by atoms with Gasteiger partial charge in [-0.05, 0) is 45.2 Å². The molecule has 1 saturated heterocycles. The fourth-order valence-corrected chi connectivity index (χ4v) is 2.72. The van der Waals surface area contributed by atoms with Crippen LogP contribution >= 0.6 is 0 Å². The molecule has 0 unspecified atom stereocenters. The summed E-state index contributed by atoms with van der Waals surface area (Å²) in [4.78, 5) is 25.1. The van der Waals surface area contributed by atoms with Crippen molar-refractivity contribution in [1.29, 1.82) is 0 Å². The van der Waals surface area contributed by atoms with Crippen molar-refractivity contribution < 1.29 is 4.79 Å². The van der Waals surface area contributed by atoms with Crippen molar-refractivity contribution in [1.82, 2.24) is 14.9 Å². The summed E-state index contributed by atoms with van der Waals surface area (Å²) in [5.74, 6) is 1.60. The minimum atomic E-state index is 0.0608. The molecule has 0 spiro atoms. The second-order valence-corrected chi connectivity index (χ2v) is 6.24. The van der Waals surface area contributed by atoms with Gasteiger partial charge in [0.15, 0.2) is 5.78 Å². The molecule has 1 aromatic carbocycles. The number of carbonyl (C=O) groups is 1. The van der Waals surface area contributed by atoms with Gasteiger partial charge < -0.3 is 15.1 Å². The molecule has 0 radical (unpaired) electrons. The lowest BCUT2D eigenvalue weighted by atomic mass is 10.1. The normalized spacial score (nSPS) is 15.4. The average molecular weight is 325 g/mol. The van der Waals surface area contributed by atoms with Gasteiger partial charge in [-0.3, -0.25) is 4.79 Å². The SMILES string of the molecule is CC(=O)c1ccc(Nc2nc(C)cc(N3CCN(C)CC3)n2)cc1. The first kappa shape index (κ1) is 16.4. The van der Waals surface area contributed by atoms with Crippen molar-refractivity contribution in [2.24, 2.45) is 0 Å². The molecule has 0 aliphatic carbocycles. The van der Waals surface area contributed by atoms with Gasteiger partial charge in [-0.25, -0.2) is 4.98 Å². The van der Waals surface area contributed by atoms with Gasteiger partial charge in [-0.1, -0.05) is 0 Å². The summed E-state index contributed by atoms with van der Waals surface area (Å²) in [6, 6.07) is 9.38. The zero-order chi connectivity index (χ0) is 17.1. The van der Waals surface area contributed by atoms with Crippen LogP contribution in [0.2, 0.25) is 0 Å². The fraction of sp³-hybridized carbons (Fsp3) is 0.389. The van der Waals surface area contributed by atoms with E-state index in [0.717, 1.165) is 43.4 Å². The second-order valence-electron chi connectivity index (χ2n) is 6.24. The van der Waals surface area contributed by atoms with Crippen molar-refractivity contribution in [2.75, 3.05) is 43.4 Å². The summed E-state index contributed by atoms with van der Waals surface area (Å²) in [6.45, 7) is 7.57. The Hall–Kier alpha value is -2.47. The number of rotatable bonds is 4. The first-order valence-electron chi connectivity index (χ1n) is 8.18. The quantitative estimate of drug-likeness (QED) is 0.872. The molecule has 1 aliphatic heterocycles. The lowest BCUT2D eigenvalue weighted by molar-refractivity contribution is 0.101. The number of Topliss-reactive ketones (excluding diaryl/α,β-unsaturated/α-hetero) is 1. The highest BCUT2D eigenvalue weighted by molar-refractivity contribution is 5.94. The van der Waals surface area contributed by atoms with Crippen molar-refractivity contribution in [3.63, 3.8) is 0 Å². The van der Waals surface area contributed by atoms with Gasteiger partial charge in [0.2, 0.25) is 5.95 Å². The second kappa shape index (κ2) is 6.97. The van der Waals surface area contributed by atoms with E-state index >= 15 is 0 Å². The zero-order valence-corrected chi connectivity index (χ0v) is 14.4. The van der Waals surface area contributed by atoms with E-state index < -0.39 is 0 Å². The van der Waals surface area contributed by atoms with Crippen LogP contribution in [0, 0.1) is 6.92 Å². The molecular formula is C18H23N5O. The molecule has 0 amide bonds. The molecule has 2 heterocycles. The zero-order valence-electron chi connectivity index (χ0n) is 14.4. The maximum absolute atomic E-state index is 11.3. The predicted molar refractivity (Wildman–Crippen MR) is 96.2 cm³/mol. The van der Waals surface area contributed by atoms with Crippen LogP contribution in [0.5, 0.6) is 0 Å². The number of aryl methyl sites for hydroxylation is 1. The van der Waals surface area contributed by atoms with Crippen LogP contribution in [0.15, 0.2) is 30.3 Å². The highest BCUT2D eigenvalue weighted by atomic mass is 16.1. The summed E-state index contributed by atoms with van der Waals surface area (Å²) in [5.41, 5.74) is 2.50. The monoisotopic (exact) mass is 325 g/mol. The first-order chi connectivity index (χ1) is 11.5. The minimum Gasteiger partial charge on any atom is -0.354 e. The number of ketones is 1. The lowest BCUT2D eigenvalue weighted by Crippen LogP contribution is -2.44. The molecule has 1 aliphatic rings. The molecule has 6 heteroatoms. The van der Waals surface area contributed by atoms with Gasteiger partial charge in [0, 0.05) is 49.2 Å². The van der Waals surface area contributed by atoms with Crippen molar-refractivity contribution in [3.8, 4) is 0 Å². The number of anilines is 3. The number of hydrogen-bond acceptors (Lipinski definition) is 6. The largest absolute Gasteiger partial charge is 0.354 e. The first-order valence-corrected chi connectivity index (χ1v) is 8.18. The summed E-state index contributed by atoms with van der Waals surface area (Å²) in [6.07, 6.45) is 0. The Morgan fingerprint density at radius 3 is 2.38 bits per heavy atom. The molecule has 126 valence electrons. The van der Waals surface area contributed by atoms with Gasteiger partial charge in [-0.2, -0.15) is 4.98 Å². The van der Waals surface area contributed by atoms with E-state index in [1.165, 1.54) is 0 Å². The summed E-state index contributed by atoms with van der Waals surface area (Å²) >= 11 is 0. The Bertz CT molecular complexity index is 721. The van der Waals surface area contributed by atoms with E-state index in [1.807, 2.05) is 37.3 Å². The Labute approximate surface area is 142 Å². The summed E-state index contributed by atoms with van der Waals surface area (Å²) in [7, 11) is 2.14. The number of likely N-dealkylation sites (N-methyl/N-ethyl adjacent to an activating group) is 1. The number of benzene rings is 1. The van der Waals surface area contributed by atoms with Crippen LogP contribution in [0.25, 0.3) is 0 Å². The van der Waals surface area contributed by atoms with Crippen LogP contribution in [-0.2, 0) is 0 Å². The number of hydrogen-bond donors (Lipinski definition) is 1. The maximum atomic E-state index is 11.3. The highest BCUT2D eigenvalue weighted by Crippen LogP contribution is 2.20. The molecule has 1 N–H and O–H groups in total. The summed E-state index contributed by atoms with van der Waals surface area (Å²) in [5, 5.41) is 3.23. The van der Waals surface area contributed by atoms with Crippen LogP contribution in [0.1, 0.15) is 23.0 Å². The Morgan fingerprint density at radius 2 is 1.75 bits per heavy atom. The molecular weight excluding hydrogens is 302 g/mol. The number of nitrogens with one attached hydrogen (secondary N) is 1. The van der Waals surface area contributed by atoms with Gasteiger partial charge in [0.25, 0.3) is 0 Å². The van der Waals surface area contributed by atoms with Crippen LogP contribution in [-0.4, -0.2) is 53.9 Å². The number of aromatic nitrogens is 2. The average Bonchev–Trinajstić information content (AvgIpc) is 2.55. The number of carbonyl (C=O) groups excluding carboxylic acids is 1. The lowest BCUT2D eigenvalue weighted by Gasteiger charge is -2.33. The van der Waals surface area contributed by atoms with E-state index in [1.54, 1.807) is 6.92 Å². The fourth-order valence-electron chi connectivity index (χ4n) is 2.72. The molecule has 0 saturated carbocycles. The smallest absolute Gasteiger partial charge is 0.229 e. The van der Waals surface area contributed by atoms with Gasteiger partial charge in [-0.15, -0.1) is 0 Å². The van der Waals surface area contributed by atoms with Crippen LogP contribution < -0.4 is 10.2 Å². The van der Waals surface area contributed by atoms with Gasteiger partial charge in [0.1, 0.15) is 5.82 Å². The Kier molecular flexibility index (Phi) is 4.76. The minimum absolute atomic E-state index is 0.0608. The van der Waals surface area contributed by atoms with E-state index in [2.05, 4.69) is 32.1 Å². The third-order valence-electron chi connectivity index (χ3n) is 4.22. The van der Waals surface area contributed by atoms with Crippen LogP contribution in [0.3, 0.4) is 0 Å². The summed E-state index contributed by atoms with van der Waals surface area (Å²) < 4.78 is 0. The molecule has 3 rings (SSSR count). The molecule has 2 aromatic rings. The number of piperazine rings is 1. The van der Waals surface area contributed by atoms with E-state index in [4.69, 9.17) is 0 Å².